The van der Waals surface area contributed by atoms with Crippen LogP contribution in [-0.2, 0) is 0 Å². The lowest BCUT2D eigenvalue weighted by Crippen LogP contribution is -2.34. The summed E-state index contributed by atoms with van der Waals surface area (Å²) in [5.74, 6) is -1.05. The number of benzene rings is 1. The minimum Gasteiger partial charge on any atom is -0.350 e. The van der Waals surface area contributed by atoms with Crippen molar-refractivity contribution >= 4 is 34.8 Å². The summed E-state index contributed by atoms with van der Waals surface area (Å²) in [6.07, 6.45) is 0. The van der Waals surface area contributed by atoms with E-state index < -0.39 is 5.82 Å². The average molecular weight is 341 g/mol. The minimum atomic E-state index is -0.421. The highest BCUT2D eigenvalue weighted by Gasteiger charge is 2.09. The van der Waals surface area contributed by atoms with Crippen molar-refractivity contribution in [2.75, 3.05) is 13.1 Å². The van der Waals surface area contributed by atoms with E-state index in [-0.39, 0.29) is 30.5 Å². The van der Waals surface area contributed by atoms with Gasteiger partial charge in [-0.1, -0.05) is 17.7 Å². The SMILES string of the molecule is Cc1ccc(C(=O)NCCNC(=O)c2ccc(Cl)s2)cc1F. The molecule has 0 spiro atoms. The number of aryl methyl sites for hydroxylation is 1. The van der Waals surface area contributed by atoms with Crippen LogP contribution < -0.4 is 10.6 Å². The van der Waals surface area contributed by atoms with Gasteiger partial charge in [-0.3, -0.25) is 9.59 Å². The maximum Gasteiger partial charge on any atom is 0.261 e. The second-order valence-electron chi connectivity index (χ2n) is 4.58. The fourth-order valence-corrected chi connectivity index (χ4v) is 2.67. The largest absolute Gasteiger partial charge is 0.350 e. The number of halogens is 2. The second-order valence-corrected chi connectivity index (χ2v) is 6.29. The zero-order valence-corrected chi connectivity index (χ0v) is 13.4. The van der Waals surface area contributed by atoms with Gasteiger partial charge in [-0.05, 0) is 36.8 Å². The predicted octanol–water partition coefficient (Wildman–Crippen LogP) is 3.01. The number of thiophene rings is 1. The van der Waals surface area contributed by atoms with Crippen molar-refractivity contribution in [1.29, 1.82) is 0 Å². The van der Waals surface area contributed by atoms with Crippen LogP contribution in [0.3, 0.4) is 0 Å². The van der Waals surface area contributed by atoms with E-state index >= 15 is 0 Å². The van der Waals surface area contributed by atoms with Crippen LogP contribution >= 0.6 is 22.9 Å². The zero-order chi connectivity index (χ0) is 16.1. The highest BCUT2D eigenvalue weighted by Crippen LogP contribution is 2.20. The van der Waals surface area contributed by atoms with Crippen molar-refractivity contribution in [3.8, 4) is 0 Å². The molecule has 2 amide bonds. The van der Waals surface area contributed by atoms with Gasteiger partial charge >= 0.3 is 0 Å². The summed E-state index contributed by atoms with van der Waals surface area (Å²) in [4.78, 5) is 24.1. The van der Waals surface area contributed by atoms with E-state index in [1.54, 1.807) is 31.2 Å². The van der Waals surface area contributed by atoms with E-state index in [1.165, 1.54) is 17.4 Å². The molecule has 2 N–H and O–H groups in total. The van der Waals surface area contributed by atoms with E-state index in [2.05, 4.69) is 10.6 Å². The van der Waals surface area contributed by atoms with Gasteiger partial charge in [0.15, 0.2) is 0 Å². The Hall–Kier alpha value is -1.92. The predicted molar refractivity (Wildman–Crippen MR) is 85.1 cm³/mol. The number of carbonyl (C=O) groups is 2. The van der Waals surface area contributed by atoms with E-state index in [0.29, 0.717) is 14.8 Å². The number of carbonyl (C=O) groups excluding carboxylic acids is 2. The summed E-state index contributed by atoms with van der Waals surface area (Å²) in [5, 5.41) is 5.28. The van der Waals surface area contributed by atoms with Gasteiger partial charge in [0.1, 0.15) is 5.82 Å². The molecule has 22 heavy (non-hydrogen) atoms. The van der Waals surface area contributed by atoms with Gasteiger partial charge < -0.3 is 10.6 Å². The Kier molecular flexibility index (Phi) is 5.51. The summed E-state index contributed by atoms with van der Waals surface area (Å²) < 4.78 is 13.9. The van der Waals surface area contributed by atoms with Crippen LogP contribution in [0.2, 0.25) is 4.34 Å². The molecule has 0 aliphatic rings. The third-order valence-corrected chi connectivity index (χ3v) is 4.16. The molecule has 2 rings (SSSR count). The summed E-state index contributed by atoms with van der Waals surface area (Å²) in [6, 6.07) is 7.58. The molecule has 0 bridgehead atoms. The van der Waals surface area contributed by atoms with Crippen molar-refractivity contribution in [3.63, 3.8) is 0 Å². The lowest BCUT2D eigenvalue weighted by Gasteiger charge is -2.07. The van der Waals surface area contributed by atoms with E-state index in [1.807, 2.05) is 0 Å². The third kappa shape index (κ3) is 4.29. The molecule has 7 heteroatoms. The van der Waals surface area contributed by atoms with Gasteiger partial charge in [-0.2, -0.15) is 0 Å². The standard InChI is InChI=1S/C15H14ClFN2O2S/c1-9-2-3-10(8-11(9)17)14(20)18-6-7-19-15(21)12-4-5-13(16)22-12/h2-5,8H,6-7H2,1H3,(H,18,20)(H,19,21). The summed E-state index contributed by atoms with van der Waals surface area (Å²) in [5.41, 5.74) is 0.734. The van der Waals surface area contributed by atoms with Gasteiger partial charge in [0.2, 0.25) is 0 Å². The first-order valence-electron chi connectivity index (χ1n) is 6.55. The van der Waals surface area contributed by atoms with E-state index in [9.17, 15) is 14.0 Å². The molecule has 1 aromatic carbocycles. The second kappa shape index (κ2) is 7.38. The van der Waals surface area contributed by atoms with Crippen LogP contribution in [-0.4, -0.2) is 24.9 Å². The Balaban J connectivity index is 1.77. The Morgan fingerprint density at radius 1 is 1.14 bits per heavy atom. The number of nitrogens with one attached hydrogen (secondary N) is 2. The molecular weight excluding hydrogens is 327 g/mol. The van der Waals surface area contributed by atoms with Crippen molar-refractivity contribution < 1.29 is 14.0 Å². The monoisotopic (exact) mass is 340 g/mol. The quantitative estimate of drug-likeness (QED) is 0.822. The van der Waals surface area contributed by atoms with Crippen LogP contribution in [0.4, 0.5) is 4.39 Å². The first-order chi connectivity index (χ1) is 10.5. The van der Waals surface area contributed by atoms with Gasteiger partial charge in [-0.25, -0.2) is 4.39 Å². The Morgan fingerprint density at radius 3 is 2.41 bits per heavy atom. The molecule has 0 saturated carbocycles. The van der Waals surface area contributed by atoms with Gasteiger partial charge in [0.25, 0.3) is 11.8 Å². The maximum absolute atomic E-state index is 13.4. The molecule has 0 unspecified atom stereocenters. The molecule has 116 valence electrons. The number of hydrogen-bond donors (Lipinski definition) is 2. The number of hydrogen-bond acceptors (Lipinski definition) is 3. The Morgan fingerprint density at radius 2 is 1.82 bits per heavy atom. The van der Waals surface area contributed by atoms with Gasteiger partial charge in [-0.15, -0.1) is 11.3 Å². The summed E-state index contributed by atoms with van der Waals surface area (Å²) >= 11 is 6.93. The molecule has 0 saturated heterocycles. The van der Waals surface area contributed by atoms with E-state index in [4.69, 9.17) is 11.6 Å². The lowest BCUT2D eigenvalue weighted by atomic mass is 10.1. The van der Waals surface area contributed by atoms with Crippen molar-refractivity contribution in [1.82, 2.24) is 10.6 Å². The molecule has 0 atom stereocenters. The molecular formula is C15H14ClFN2O2S. The maximum atomic E-state index is 13.4. The van der Waals surface area contributed by atoms with Crippen molar-refractivity contribution in [2.24, 2.45) is 0 Å². The van der Waals surface area contributed by atoms with Crippen LogP contribution in [0.1, 0.15) is 25.6 Å². The van der Waals surface area contributed by atoms with Crippen molar-refractivity contribution in [2.45, 2.75) is 6.92 Å². The molecule has 0 aliphatic carbocycles. The first-order valence-corrected chi connectivity index (χ1v) is 7.74. The lowest BCUT2D eigenvalue weighted by molar-refractivity contribution is 0.0929. The molecule has 0 fully saturated rings. The topological polar surface area (TPSA) is 58.2 Å². The smallest absolute Gasteiger partial charge is 0.261 e. The molecule has 1 heterocycles. The summed E-state index contributed by atoms with van der Waals surface area (Å²) in [6.45, 7) is 2.15. The van der Waals surface area contributed by atoms with Crippen LogP contribution in [0.25, 0.3) is 0 Å². The normalized spacial score (nSPS) is 10.3. The van der Waals surface area contributed by atoms with Crippen molar-refractivity contribution in [3.05, 3.63) is 56.5 Å². The molecule has 0 radical (unpaired) electrons. The van der Waals surface area contributed by atoms with Crippen LogP contribution in [0.5, 0.6) is 0 Å². The van der Waals surface area contributed by atoms with Crippen LogP contribution in [0.15, 0.2) is 30.3 Å². The fourth-order valence-electron chi connectivity index (χ4n) is 1.71. The number of rotatable bonds is 5. The average Bonchev–Trinajstić information content (AvgIpc) is 2.92. The molecule has 4 nitrogen and oxygen atoms in total. The molecule has 1 aromatic heterocycles. The zero-order valence-electron chi connectivity index (χ0n) is 11.8. The first kappa shape index (κ1) is 16.5. The Bertz CT molecular complexity index is 703. The van der Waals surface area contributed by atoms with E-state index in [0.717, 1.165) is 0 Å². The van der Waals surface area contributed by atoms with Gasteiger partial charge in [0.05, 0.1) is 9.21 Å². The minimum absolute atomic E-state index is 0.243. The number of amides is 2. The summed E-state index contributed by atoms with van der Waals surface area (Å²) in [7, 11) is 0. The molecule has 0 aliphatic heterocycles. The third-order valence-electron chi connectivity index (χ3n) is 2.93. The van der Waals surface area contributed by atoms with Gasteiger partial charge in [0, 0.05) is 18.7 Å². The highest BCUT2D eigenvalue weighted by molar-refractivity contribution is 7.17. The Labute approximate surface area is 136 Å². The fraction of sp³-hybridized carbons (Fsp3) is 0.200. The van der Waals surface area contributed by atoms with Crippen LogP contribution in [0, 0.1) is 12.7 Å². The highest BCUT2D eigenvalue weighted by atomic mass is 35.5. The molecule has 2 aromatic rings.